The highest BCUT2D eigenvalue weighted by molar-refractivity contribution is 9.10. The summed E-state index contributed by atoms with van der Waals surface area (Å²) in [6, 6.07) is 12.7. The maximum Gasteiger partial charge on any atom is 0.243 e. The summed E-state index contributed by atoms with van der Waals surface area (Å²) in [5, 5.41) is 6.10. The Balaban J connectivity index is 1.36. The highest BCUT2D eigenvalue weighted by Gasteiger charge is 2.25. The summed E-state index contributed by atoms with van der Waals surface area (Å²) in [4.78, 5) is 9.09. The van der Waals surface area contributed by atoms with Crippen molar-refractivity contribution in [1.82, 2.24) is 19.4 Å². The predicted molar refractivity (Wildman–Crippen MR) is 125 cm³/mol. The number of pyridine rings is 1. The fraction of sp³-hybridized carbons (Fsp3) is 0.261. The molecular formula is C23H21BrN4O3S. The first kappa shape index (κ1) is 21.2. The van der Waals surface area contributed by atoms with Crippen molar-refractivity contribution in [3.05, 3.63) is 70.8 Å². The summed E-state index contributed by atoms with van der Waals surface area (Å²) >= 11 is 3.56. The van der Waals surface area contributed by atoms with Crippen LogP contribution in [0.5, 0.6) is 0 Å². The van der Waals surface area contributed by atoms with Gasteiger partial charge in [-0.1, -0.05) is 39.6 Å². The van der Waals surface area contributed by atoms with Gasteiger partial charge in [0, 0.05) is 40.9 Å². The minimum Gasteiger partial charge on any atom is -0.339 e. The van der Waals surface area contributed by atoms with Crippen LogP contribution in [0, 0.1) is 0 Å². The number of fused-ring (bicyclic) bond motifs is 1. The maximum atomic E-state index is 12.8. The Kier molecular flexibility index (Phi) is 5.79. The zero-order valence-corrected chi connectivity index (χ0v) is 19.6. The van der Waals surface area contributed by atoms with Gasteiger partial charge in [-0.25, -0.2) is 8.42 Å². The molecular weight excluding hydrogens is 492 g/mol. The average Bonchev–Trinajstić information content (AvgIpc) is 3.28. The van der Waals surface area contributed by atoms with Crippen molar-refractivity contribution in [2.24, 2.45) is 0 Å². The number of hydrogen-bond donors (Lipinski definition) is 0. The minimum absolute atomic E-state index is 0.322. The second-order valence-corrected chi connectivity index (χ2v) is 10.6. The van der Waals surface area contributed by atoms with Crippen LogP contribution in [0.4, 0.5) is 0 Å². The molecule has 32 heavy (non-hydrogen) atoms. The third-order valence-corrected chi connectivity index (χ3v) is 8.31. The van der Waals surface area contributed by atoms with Gasteiger partial charge in [0.2, 0.25) is 21.7 Å². The predicted octanol–water partition coefficient (Wildman–Crippen LogP) is 4.81. The van der Waals surface area contributed by atoms with Gasteiger partial charge >= 0.3 is 0 Å². The molecule has 0 aliphatic carbocycles. The first-order chi connectivity index (χ1) is 15.5. The highest BCUT2D eigenvalue weighted by atomic mass is 79.9. The van der Waals surface area contributed by atoms with Crippen molar-refractivity contribution in [1.29, 1.82) is 0 Å². The van der Waals surface area contributed by atoms with Crippen LogP contribution in [0.2, 0.25) is 0 Å². The molecule has 0 atom stereocenters. The molecule has 0 saturated carbocycles. The molecule has 2 aromatic carbocycles. The summed E-state index contributed by atoms with van der Waals surface area (Å²) in [6.07, 6.45) is 6.87. The smallest absolute Gasteiger partial charge is 0.243 e. The Bertz CT molecular complexity index is 1360. The fourth-order valence-corrected chi connectivity index (χ4v) is 5.99. The number of nitrogens with zero attached hydrogens (tertiary/aromatic N) is 4. The SMILES string of the molecule is O=S(=O)(c1ccc(Cc2nc(-c3ccc(Br)c4ccncc34)no2)cc1)N1CCCCC1. The van der Waals surface area contributed by atoms with Gasteiger partial charge < -0.3 is 4.52 Å². The number of aromatic nitrogens is 3. The molecule has 2 aromatic heterocycles. The van der Waals surface area contributed by atoms with Crippen LogP contribution in [0.1, 0.15) is 30.7 Å². The van der Waals surface area contributed by atoms with E-state index in [1.54, 1.807) is 41.0 Å². The molecule has 0 radical (unpaired) electrons. The van der Waals surface area contributed by atoms with Gasteiger partial charge in [0.15, 0.2) is 0 Å². The summed E-state index contributed by atoms with van der Waals surface area (Å²) in [5.41, 5.74) is 1.74. The Labute approximate surface area is 194 Å². The van der Waals surface area contributed by atoms with Crippen LogP contribution in [0.3, 0.4) is 0 Å². The molecule has 0 spiro atoms. The van der Waals surface area contributed by atoms with Gasteiger partial charge in [-0.3, -0.25) is 4.98 Å². The molecule has 164 valence electrons. The molecule has 3 heterocycles. The maximum absolute atomic E-state index is 12.8. The largest absolute Gasteiger partial charge is 0.339 e. The number of piperidine rings is 1. The van der Waals surface area contributed by atoms with E-state index >= 15 is 0 Å². The highest BCUT2D eigenvalue weighted by Crippen LogP contribution is 2.31. The lowest BCUT2D eigenvalue weighted by Crippen LogP contribution is -2.35. The average molecular weight is 513 g/mol. The second kappa shape index (κ2) is 8.73. The van der Waals surface area contributed by atoms with Gasteiger partial charge in [0.05, 0.1) is 11.3 Å². The lowest BCUT2D eigenvalue weighted by Gasteiger charge is -2.25. The van der Waals surface area contributed by atoms with Crippen molar-refractivity contribution >= 4 is 36.7 Å². The summed E-state index contributed by atoms with van der Waals surface area (Å²) in [5.74, 6) is 0.960. The number of sulfonamides is 1. The first-order valence-corrected chi connectivity index (χ1v) is 12.7. The van der Waals surface area contributed by atoms with Crippen molar-refractivity contribution in [2.45, 2.75) is 30.6 Å². The normalized spacial score (nSPS) is 15.3. The van der Waals surface area contributed by atoms with Crippen LogP contribution >= 0.6 is 15.9 Å². The molecule has 0 unspecified atom stereocenters. The lowest BCUT2D eigenvalue weighted by atomic mass is 10.1. The number of benzene rings is 2. The van der Waals surface area contributed by atoms with Crippen molar-refractivity contribution < 1.29 is 12.9 Å². The third kappa shape index (κ3) is 4.07. The van der Waals surface area contributed by atoms with Gasteiger partial charge in [0.25, 0.3) is 0 Å². The molecule has 0 N–H and O–H groups in total. The quantitative estimate of drug-likeness (QED) is 0.381. The fourth-order valence-electron chi connectivity index (χ4n) is 3.99. The molecule has 5 rings (SSSR count). The van der Waals surface area contributed by atoms with Crippen molar-refractivity contribution in [3.8, 4) is 11.4 Å². The van der Waals surface area contributed by atoms with E-state index in [0.29, 0.717) is 36.1 Å². The molecule has 4 aromatic rings. The first-order valence-electron chi connectivity index (χ1n) is 10.5. The molecule has 9 heteroatoms. The molecule has 1 saturated heterocycles. The van der Waals surface area contributed by atoms with E-state index in [2.05, 4.69) is 31.1 Å². The van der Waals surface area contributed by atoms with Gasteiger partial charge in [-0.05, 0) is 54.1 Å². The summed E-state index contributed by atoms with van der Waals surface area (Å²) < 4.78 is 33.7. The number of halogens is 1. The lowest BCUT2D eigenvalue weighted by molar-refractivity contribution is 0.346. The third-order valence-electron chi connectivity index (χ3n) is 5.71. The van der Waals surface area contributed by atoms with E-state index in [1.165, 1.54) is 0 Å². The van der Waals surface area contributed by atoms with E-state index in [1.807, 2.05) is 18.2 Å². The number of hydrogen-bond acceptors (Lipinski definition) is 6. The Hall–Kier alpha value is -2.62. The summed E-state index contributed by atoms with van der Waals surface area (Å²) in [7, 11) is -3.44. The van der Waals surface area contributed by atoms with E-state index < -0.39 is 10.0 Å². The van der Waals surface area contributed by atoms with Crippen LogP contribution in [-0.4, -0.2) is 40.9 Å². The molecule has 7 nitrogen and oxygen atoms in total. The standard InChI is InChI=1S/C23H21BrN4O3S/c24-21-9-8-19(20-15-25-11-10-18(20)21)23-26-22(31-27-23)14-16-4-6-17(7-5-16)32(29,30)28-12-2-1-3-13-28/h4-11,15H,1-3,12-14H2. The van der Waals surface area contributed by atoms with Crippen LogP contribution < -0.4 is 0 Å². The minimum atomic E-state index is -3.44. The van der Waals surface area contributed by atoms with Crippen molar-refractivity contribution in [2.75, 3.05) is 13.1 Å². The van der Waals surface area contributed by atoms with Crippen LogP contribution in [0.25, 0.3) is 22.2 Å². The Morgan fingerprint density at radius 3 is 2.53 bits per heavy atom. The van der Waals surface area contributed by atoms with E-state index in [-0.39, 0.29) is 0 Å². The van der Waals surface area contributed by atoms with E-state index in [4.69, 9.17) is 4.52 Å². The Morgan fingerprint density at radius 1 is 0.969 bits per heavy atom. The Morgan fingerprint density at radius 2 is 1.75 bits per heavy atom. The topological polar surface area (TPSA) is 89.2 Å². The summed E-state index contributed by atoms with van der Waals surface area (Å²) in [6.45, 7) is 1.18. The second-order valence-electron chi connectivity index (χ2n) is 7.81. The molecule has 1 aliphatic heterocycles. The zero-order chi connectivity index (χ0) is 22.1. The monoisotopic (exact) mass is 512 g/mol. The van der Waals surface area contributed by atoms with Gasteiger partial charge in [0.1, 0.15) is 0 Å². The van der Waals surface area contributed by atoms with Crippen LogP contribution in [-0.2, 0) is 16.4 Å². The molecule has 1 fully saturated rings. The van der Waals surface area contributed by atoms with Gasteiger partial charge in [-0.2, -0.15) is 9.29 Å². The van der Waals surface area contributed by atoms with Crippen LogP contribution in [0.15, 0.2) is 68.7 Å². The molecule has 1 aliphatic rings. The zero-order valence-electron chi connectivity index (χ0n) is 17.2. The van der Waals surface area contributed by atoms with Gasteiger partial charge in [-0.15, -0.1) is 0 Å². The molecule has 0 bridgehead atoms. The molecule has 0 amide bonds. The van der Waals surface area contributed by atoms with E-state index in [9.17, 15) is 8.42 Å². The van der Waals surface area contributed by atoms with Crippen molar-refractivity contribution in [3.63, 3.8) is 0 Å². The number of rotatable bonds is 5. The van der Waals surface area contributed by atoms with E-state index in [0.717, 1.165) is 45.6 Å².